The van der Waals surface area contributed by atoms with Crippen LogP contribution in [0.4, 0.5) is 10.5 Å². The van der Waals surface area contributed by atoms with Crippen LogP contribution in [0.3, 0.4) is 0 Å². The van der Waals surface area contributed by atoms with Gasteiger partial charge >= 0.3 is 6.03 Å². The zero-order valence-electron chi connectivity index (χ0n) is 17.7. The lowest BCUT2D eigenvalue weighted by Gasteiger charge is -2.22. The van der Waals surface area contributed by atoms with Gasteiger partial charge in [0, 0.05) is 12.2 Å². The van der Waals surface area contributed by atoms with Gasteiger partial charge in [0.2, 0.25) is 0 Å². The first-order valence-corrected chi connectivity index (χ1v) is 10.2. The van der Waals surface area contributed by atoms with E-state index in [4.69, 9.17) is 12.2 Å². The number of rotatable bonds is 6. The Hall–Kier alpha value is -3.13. The van der Waals surface area contributed by atoms with Gasteiger partial charge in [0.05, 0.1) is 0 Å². The smallest absolute Gasteiger partial charge is 0.315 e. The highest BCUT2D eigenvalue weighted by Gasteiger charge is 2.24. The van der Waals surface area contributed by atoms with Gasteiger partial charge in [-0.3, -0.25) is 15.6 Å². The zero-order chi connectivity index (χ0) is 22.1. The highest BCUT2D eigenvalue weighted by atomic mass is 32.1. The number of benzene rings is 2. The van der Waals surface area contributed by atoms with Crippen molar-refractivity contribution in [2.75, 3.05) is 5.32 Å². The molecule has 5 N–H and O–H groups in total. The first-order valence-electron chi connectivity index (χ1n) is 9.79. The molecule has 7 nitrogen and oxygen atoms in total. The molecule has 160 valence electrons. The van der Waals surface area contributed by atoms with Crippen LogP contribution in [-0.2, 0) is 11.3 Å². The highest BCUT2D eigenvalue weighted by molar-refractivity contribution is 7.80. The molecule has 0 aliphatic heterocycles. The Kier molecular flexibility index (Phi) is 8.61. The second kappa shape index (κ2) is 11.2. The number of carbonyl (C=O) groups is 2. The first kappa shape index (κ1) is 23.2. The number of nitrogens with one attached hydrogen (secondary N) is 5. The molecule has 0 bridgehead atoms. The predicted molar refractivity (Wildman–Crippen MR) is 124 cm³/mol. The molecule has 1 atom stereocenters. The third-order valence-corrected chi connectivity index (χ3v) is 4.89. The SMILES string of the molecule is Cc1cccc(NC(=S)NNC(=O)C(NC(=O)NCc2ccccc2)C(C)C)c1C. The summed E-state index contributed by atoms with van der Waals surface area (Å²) in [6.45, 7) is 8.09. The lowest BCUT2D eigenvalue weighted by Crippen LogP contribution is -2.56. The van der Waals surface area contributed by atoms with Gasteiger partial charge in [-0.25, -0.2) is 4.79 Å². The summed E-state index contributed by atoms with van der Waals surface area (Å²) in [7, 11) is 0. The lowest BCUT2D eigenvalue weighted by molar-refractivity contribution is -0.124. The highest BCUT2D eigenvalue weighted by Crippen LogP contribution is 2.17. The molecule has 1 unspecified atom stereocenters. The van der Waals surface area contributed by atoms with E-state index >= 15 is 0 Å². The maximum atomic E-state index is 12.6. The number of carbonyl (C=O) groups excluding carboxylic acids is 2. The second-order valence-corrected chi connectivity index (χ2v) is 7.76. The van der Waals surface area contributed by atoms with Crippen molar-refractivity contribution in [3.05, 3.63) is 65.2 Å². The van der Waals surface area contributed by atoms with Crippen LogP contribution < -0.4 is 26.8 Å². The standard InChI is InChI=1S/C22H29N5O2S/c1-14(2)19(25-21(29)23-13-17-10-6-5-7-11-17)20(28)26-27-22(30)24-18-12-8-9-15(3)16(18)4/h5-12,14,19H,13H2,1-4H3,(H,26,28)(H2,23,25,29)(H2,24,27,30). The Morgan fingerprint density at radius 2 is 1.67 bits per heavy atom. The fourth-order valence-electron chi connectivity index (χ4n) is 2.74. The molecule has 0 heterocycles. The summed E-state index contributed by atoms with van der Waals surface area (Å²) in [5.41, 5.74) is 9.30. The zero-order valence-corrected chi connectivity index (χ0v) is 18.5. The monoisotopic (exact) mass is 427 g/mol. The van der Waals surface area contributed by atoms with Gasteiger partial charge in [-0.2, -0.15) is 0 Å². The van der Waals surface area contributed by atoms with Gasteiger partial charge in [0.1, 0.15) is 6.04 Å². The molecule has 0 radical (unpaired) electrons. The third kappa shape index (κ3) is 7.04. The van der Waals surface area contributed by atoms with Crippen LogP contribution in [0.5, 0.6) is 0 Å². The molecule has 0 fully saturated rings. The van der Waals surface area contributed by atoms with Crippen molar-refractivity contribution in [2.45, 2.75) is 40.3 Å². The molecule has 2 aromatic carbocycles. The maximum absolute atomic E-state index is 12.6. The molecular weight excluding hydrogens is 398 g/mol. The Morgan fingerprint density at radius 3 is 2.33 bits per heavy atom. The maximum Gasteiger partial charge on any atom is 0.315 e. The normalized spacial score (nSPS) is 11.4. The van der Waals surface area contributed by atoms with Gasteiger partial charge in [-0.1, -0.05) is 56.3 Å². The second-order valence-electron chi connectivity index (χ2n) is 7.35. The number of hydrogen-bond acceptors (Lipinski definition) is 3. The van der Waals surface area contributed by atoms with E-state index in [0.717, 1.165) is 22.4 Å². The van der Waals surface area contributed by atoms with Crippen LogP contribution in [0.15, 0.2) is 48.5 Å². The number of aryl methyl sites for hydroxylation is 1. The molecule has 2 rings (SSSR count). The van der Waals surface area contributed by atoms with Gasteiger partial charge in [0.15, 0.2) is 5.11 Å². The van der Waals surface area contributed by atoms with Gasteiger partial charge in [-0.05, 0) is 54.7 Å². The molecule has 0 spiro atoms. The minimum atomic E-state index is -0.725. The van der Waals surface area contributed by atoms with E-state index in [1.807, 2.05) is 76.2 Å². The number of thiocarbonyl (C=S) groups is 1. The summed E-state index contributed by atoms with van der Waals surface area (Å²) < 4.78 is 0. The quantitative estimate of drug-likeness (QED) is 0.361. The van der Waals surface area contributed by atoms with Crippen molar-refractivity contribution in [2.24, 2.45) is 5.92 Å². The Balaban J connectivity index is 1.84. The van der Waals surface area contributed by atoms with Gasteiger partial charge in [0.25, 0.3) is 5.91 Å². The van der Waals surface area contributed by atoms with Crippen LogP contribution >= 0.6 is 12.2 Å². The van der Waals surface area contributed by atoms with Crippen LogP contribution in [0.25, 0.3) is 0 Å². The van der Waals surface area contributed by atoms with Crippen molar-refractivity contribution >= 4 is 35.0 Å². The number of hydrogen-bond donors (Lipinski definition) is 5. The molecule has 0 saturated carbocycles. The summed E-state index contributed by atoms with van der Waals surface area (Å²) in [6.07, 6.45) is 0. The largest absolute Gasteiger partial charge is 0.334 e. The van der Waals surface area contributed by atoms with Crippen molar-refractivity contribution in [3.8, 4) is 0 Å². The molecule has 8 heteroatoms. The summed E-state index contributed by atoms with van der Waals surface area (Å²) in [5, 5.41) is 8.79. The van der Waals surface area contributed by atoms with Crippen molar-refractivity contribution < 1.29 is 9.59 Å². The molecule has 0 saturated heterocycles. The van der Waals surface area contributed by atoms with Gasteiger partial charge < -0.3 is 16.0 Å². The van der Waals surface area contributed by atoms with Crippen molar-refractivity contribution in [1.29, 1.82) is 0 Å². The van der Waals surface area contributed by atoms with E-state index in [1.165, 1.54) is 0 Å². The summed E-state index contributed by atoms with van der Waals surface area (Å²) >= 11 is 5.26. The average molecular weight is 428 g/mol. The predicted octanol–water partition coefficient (Wildman–Crippen LogP) is 3.15. The molecule has 30 heavy (non-hydrogen) atoms. The summed E-state index contributed by atoms with van der Waals surface area (Å²) in [6, 6.07) is 14.3. The Bertz CT molecular complexity index is 886. The van der Waals surface area contributed by atoms with E-state index < -0.39 is 12.1 Å². The fraction of sp³-hybridized carbons (Fsp3) is 0.318. The average Bonchev–Trinajstić information content (AvgIpc) is 2.72. The van der Waals surface area contributed by atoms with E-state index in [1.54, 1.807) is 0 Å². The lowest BCUT2D eigenvalue weighted by atomic mass is 10.0. The first-order chi connectivity index (χ1) is 14.3. The minimum Gasteiger partial charge on any atom is -0.334 e. The topological polar surface area (TPSA) is 94.3 Å². The molecular formula is C22H29N5O2S. The molecule has 0 aliphatic rings. The molecule has 0 aliphatic carbocycles. The number of anilines is 1. The Labute approximate surface area is 183 Å². The van der Waals surface area contributed by atoms with E-state index in [-0.39, 0.29) is 16.9 Å². The van der Waals surface area contributed by atoms with Crippen LogP contribution in [0.2, 0.25) is 0 Å². The number of urea groups is 1. The summed E-state index contributed by atoms with van der Waals surface area (Å²) in [4.78, 5) is 24.8. The Morgan fingerprint density at radius 1 is 0.967 bits per heavy atom. The fourth-order valence-corrected chi connectivity index (χ4v) is 2.90. The molecule has 2 aromatic rings. The minimum absolute atomic E-state index is 0.116. The molecule has 0 aromatic heterocycles. The van der Waals surface area contributed by atoms with Gasteiger partial charge in [-0.15, -0.1) is 0 Å². The van der Waals surface area contributed by atoms with E-state index in [9.17, 15) is 9.59 Å². The van der Waals surface area contributed by atoms with Crippen LogP contribution in [0.1, 0.15) is 30.5 Å². The number of amides is 3. The van der Waals surface area contributed by atoms with Crippen LogP contribution in [-0.4, -0.2) is 23.1 Å². The number of hydrazine groups is 1. The molecule has 3 amide bonds. The summed E-state index contributed by atoms with van der Waals surface area (Å²) in [5.74, 6) is -0.500. The van der Waals surface area contributed by atoms with E-state index in [2.05, 4.69) is 26.8 Å². The van der Waals surface area contributed by atoms with E-state index in [0.29, 0.717) is 6.54 Å². The van der Waals surface area contributed by atoms with Crippen molar-refractivity contribution in [1.82, 2.24) is 21.5 Å². The van der Waals surface area contributed by atoms with Crippen LogP contribution in [0, 0.1) is 19.8 Å². The van der Waals surface area contributed by atoms with Crippen molar-refractivity contribution in [3.63, 3.8) is 0 Å². The third-order valence-electron chi connectivity index (χ3n) is 4.68.